The van der Waals surface area contributed by atoms with Crippen molar-refractivity contribution < 1.29 is 4.79 Å². The fourth-order valence-corrected chi connectivity index (χ4v) is 2.75. The molecule has 1 fully saturated rings. The van der Waals surface area contributed by atoms with Gasteiger partial charge in [0.2, 0.25) is 5.91 Å². The number of aryl methyl sites for hydroxylation is 1. The van der Waals surface area contributed by atoms with Crippen molar-refractivity contribution in [1.82, 2.24) is 20.8 Å². The molecule has 0 radical (unpaired) electrons. The number of carbonyl (C=O) groups excluding carboxylic acids is 1. The molecule has 5 nitrogen and oxygen atoms in total. The molecule has 0 aliphatic heterocycles. The van der Waals surface area contributed by atoms with Crippen LogP contribution in [0, 0.1) is 6.92 Å². The summed E-state index contributed by atoms with van der Waals surface area (Å²) in [5, 5.41) is 13.4. The highest BCUT2D eigenvalue weighted by Gasteiger charge is 2.11. The summed E-state index contributed by atoms with van der Waals surface area (Å²) in [6, 6.07) is 2.55. The molecule has 2 rings (SSSR count). The van der Waals surface area contributed by atoms with Gasteiger partial charge in [0.15, 0.2) is 0 Å². The summed E-state index contributed by atoms with van der Waals surface area (Å²) >= 11 is 0. The molecule has 1 aromatic rings. The molecule has 6 heteroatoms. The van der Waals surface area contributed by atoms with Crippen LogP contribution in [0.25, 0.3) is 0 Å². The molecule has 0 saturated heterocycles. The van der Waals surface area contributed by atoms with Gasteiger partial charge in [0, 0.05) is 24.8 Å². The number of nitrogens with zero attached hydrogens (tertiary/aromatic N) is 1. The zero-order chi connectivity index (χ0) is 14.2. The third-order valence-corrected chi connectivity index (χ3v) is 3.84. The molecular formula is C15H27ClN4O. The summed E-state index contributed by atoms with van der Waals surface area (Å²) in [6.07, 6.45) is 8.33. The van der Waals surface area contributed by atoms with Crippen LogP contribution in [0.1, 0.15) is 49.9 Å². The standard InChI is InChI=1S/C15H26N4O.ClH/c1-12-10-14(19-18-12)11-15(20)17-9-8-16-13-6-4-2-3-5-7-13;/h10,13,16H,2-9,11H2,1H3,(H,17,20)(H,18,19);1H. The van der Waals surface area contributed by atoms with E-state index in [0.717, 1.165) is 17.9 Å². The summed E-state index contributed by atoms with van der Waals surface area (Å²) in [4.78, 5) is 11.7. The molecule has 1 aromatic heterocycles. The Labute approximate surface area is 133 Å². The van der Waals surface area contributed by atoms with Gasteiger partial charge in [-0.25, -0.2) is 0 Å². The van der Waals surface area contributed by atoms with E-state index in [-0.39, 0.29) is 18.3 Å². The van der Waals surface area contributed by atoms with Gasteiger partial charge in [-0.3, -0.25) is 9.89 Å². The molecular weight excluding hydrogens is 288 g/mol. The second-order valence-electron chi connectivity index (χ2n) is 5.71. The second-order valence-corrected chi connectivity index (χ2v) is 5.71. The highest BCUT2D eigenvalue weighted by atomic mass is 35.5. The minimum absolute atomic E-state index is 0. The minimum atomic E-state index is 0. The number of carbonyl (C=O) groups is 1. The predicted octanol–water partition coefficient (Wildman–Crippen LogP) is 2.11. The lowest BCUT2D eigenvalue weighted by Gasteiger charge is -2.16. The molecule has 120 valence electrons. The summed E-state index contributed by atoms with van der Waals surface area (Å²) in [6.45, 7) is 3.49. The lowest BCUT2D eigenvalue weighted by Crippen LogP contribution is -2.37. The summed E-state index contributed by atoms with van der Waals surface area (Å²) in [7, 11) is 0. The summed E-state index contributed by atoms with van der Waals surface area (Å²) in [5.74, 6) is 0.0409. The predicted molar refractivity (Wildman–Crippen MR) is 86.8 cm³/mol. The van der Waals surface area contributed by atoms with Crippen LogP contribution < -0.4 is 10.6 Å². The van der Waals surface area contributed by atoms with Crippen molar-refractivity contribution in [3.8, 4) is 0 Å². The van der Waals surface area contributed by atoms with Crippen LogP contribution in [-0.2, 0) is 11.2 Å². The van der Waals surface area contributed by atoms with Crippen LogP contribution >= 0.6 is 12.4 Å². The Morgan fingerprint density at radius 2 is 2.00 bits per heavy atom. The van der Waals surface area contributed by atoms with Gasteiger partial charge in [-0.1, -0.05) is 25.7 Å². The Kier molecular flexibility index (Phi) is 8.38. The van der Waals surface area contributed by atoms with Gasteiger partial charge in [0.25, 0.3) is 0 Å². The number of rotatable bonds is 6. The largest absolute Gasteiger partial charge is 0.354 e. The van der Waals surface area contributed by atoms with Crippen LogP contribution in [0.2, 0.25) is 0 Å². The lowest BCUT2D eigenvalue weighted by atomic mass is 10.1. The van der Waals surface area contributed by atoms with Crippen LogP contribution in [0.15, 0.2) is 6.07 Å². The number of hydrogen-bond acceptors (Lipinski definition) is 3. The zero-order valence-electron chi connectivity index (χ0n) is 12.8. The first-order valence-corrected chi connectivity index (χ1v) is 7.75. The minimum Gasteiger partial charge on any atom is -0.354 e. The normalized spacial score (nSPS) is 16.0. The van der Waals surface area contributed by atoms with Crippen molar-refractivity contribution in [3.05, 3.63) is 17.5 Å². The molecule has 1 saturated carbocycles. The fraction of sp³-hybridized carbons (Fsp3) is 0.733. The Morgan fingerprint density at radius 1 is 1.29 bits per heavy atom. The third-order valence-electron chi connectivity index (χ3n) is 3.84. The van der Waals surface area contributed by atoms with Crippen LogP contribution in [0.3, 0.4) is 0 Å². The van der Waals surface area contributed by atoms with Crippen LogP contribution in [0.4, 0.5) is 0 Å². The van der Waals surface area contributed by atoms with Gasteiger partial charge in [-0.05, 0) is 25.8 Å². The van der Waals surface area contributed by atoms with Gasteiger partial charge < -0.3 is 10.6 Å². The Hall–Kier alpha value is -1.07. The highest BCUT2D eigenvalue weighted by molar-refractivity contribution is 5.85. The van der Waals surface area contributed by atoms with Crippen molar-refractivity contribution in [2.24, 2.45) is 0 Å². The summed E-state index contributed by atoms with van der Waals surface area (Å²) < 4.78 is 0. The molecule has 0 unspecified atom stereocenters. The molecule has 1 amide bonds. The number of amides is 1. The second kappa shape index (κ2) is 9.79. The number of nitrogens with one attached hydrogen (secondary N) is 3. The van der Waals surface area contributed by atoms with Crippen LogP contribution in [-0.4, -0.2) is 35.2 Å². The monoisotopic (exact) mass is 314 g/mol. The molecule has 0 aromatic carbocycles. The van der Waals surface area contributed by atoms with Gasteiger partial charge in [0.1, 0.15) is 0 Å². The molecule has 1 aliphatic rings. The van der Waals surface area contributed by atoms with E-state index >= 15 is 0 Å². The SMILES string of the molecule is Cc1cc(CC(=O)NCCNC2CCCCCC2)n[nH]1.Cl. The number of aromatic nitrogens is 2. The molecule has 0 bridgehead atoms. The molecule has 3 N–H and O–H groups in total. The van der Waals surface area contributed by atoms with E-state index in [4.69, 9.17) is 0 Å². The molecule has 0 spiro atoms. The van der Waals surface area contributed by atoms with E-state index in [0.29, 0.717) is 19.0 Å². The van der Waals surface area contributed by atoms with Gasteiger partial charge in [0.05, 0.1) is 12.1 Å². The number of H-pyrrole nitrogens is 1. The smallest absolute Gasteiger partial charge is 0.226 e. The van der Waals surface area contributed by atoms with Gasteiger partial charge in [-0.15, -0.1) is 12.4 Å². The van der Waals surface area contributed by atoms with Crippen molar-refractivity contribution in [3.63, 3.8) is 0 Å². The maximum Gasteiger partial charge on any atom is 0.226 e. The first-order valence-electron chi connectivity index (χ1n) is 7.75. The Balaban J connectivity index is 0.00000220. The quantitative estimate of drug-likeness (QED) is 0.556. The number of aromatic amines is 1. The maximum absolute atomic E-state index is 11.7. The zero-order valence-corrected chi connectivity index (χ0v) is 13.6. The van der Waals surface area contributed by atoms with Gasteiger partial charge >= 0.3 is 0 Å². The van der Waals surface area contributed by atoms with Crippen molar-refractivity contribution in [1.29, 1.82) is 0 Å². The van der Waals surface area contributed by atoms with Crippen LogP contribution in [0.5, 0.6) is 0 Å². The van der Waals surface area contributed by atoms with Gasteiger partial charge in [-0.2, -0.15) is 5.10 Å². The molecule has 21 heavy (non-hydrogen) atoms. The average Bonchev–Trinajstić information content (AvgIpc) is 2.67. The van der Waals surface area contributed by atoms with Crippen molar-refractivity contribution in [2.45, 2.75) is 57.9 Å². The third kappa shape index (κ3) is 6.96. The van der Waals surface area contributed by atoms with E-state index in [1.54, 1.807) is 0 Å². The van der Waals surface area contributed by atoms with Crippen molar-refractivity contribution >= 4 is 18.3 Å². The Morgan fingerprint density at radius 3 is 2.62 bits per heavy atom. The number of hydrogen-bond donors (Lipinski definition) is 3. The lowest BCUT2D eigenvalue weighted by molar-refractivity contribution is -0.120. The molecule has 1 heterocycles. The average molecular weight is 315 g/mol. The molecule has 0 atom stereocenters. The van der Waals surface area contributed by atoms with Crippen molar-refractivity contribution in [2.75, 3.05) is 13.1 Å². The highest BCUT2D eigenvalue weighted by Crippen LogP contribution is 2.16. The molecule has 1 aliphatic carbocycles. The van der Waals surface area contributed by atoms with E-state index in [9.17, 15) is 4.79 Å². The maximum atomic E-state index is 11.7. The summed E-state index contributed by atoms with van der Waals surface area (Å²) in [5.41, 5.74) is 1.79. The number of halogens is 1. The fourth-order valence-electron chi connectivity index (χ4n) is 2.75. The van der Waals surface area contributed by atoms with E-state index in [1.807, 2.05) is 13.0 Å². The van der Waals surface area contributed by atoms with E-state index in [2.05, 4.69) is 20.8 Å². The van der Waals surface area contributed by atoms with E-state index in [1.165, 1.54) is 38.5 Å². The Bertz CT molecular complexity index is 414. The first kappa shape index (κ1) is 18.0. The topological polar surface area (TPSA) is 69.8 Å². The first-order chi connectivity index (χ1) is 9.74. The van der Waals surface area contributed by atoms with E-state index < -0.39 is 0 Å².